The zero-order chi connectivity index (χ0) is 14.0. The highest BCUT2D eigenvalue weighted by atomic mass is 15.4. The average Bonchev–Trinajstić information content (AvgIpc) is 2.79. The predicted molar refractivity (Wildman–Crippen MR) is 77.8 cm³/mol. The molecule has 0 spiro atoms. The minimum Gasteiger partial charge on any atom is -0.308 e. The summed E-state index contributed by atoms with van der Waals surface area (Å²) in [7, 11) is 0. The summed E-state index contributed by atoms with van der Waals surface area (Å²) >= 11 is 0. The summed E-state index contributed by atoms with van der Waals surface area (Å²) in [6, 6.07) is 0.644. The van der Waals surface area contributed by atoms with Crippen LogP contribution in [0.4, 0.5) is 0 Å². The minimum atomic E-state index is 0.0139. The van der Waals surface area contributed by atoms with Gasteiger partial charge in [0.2, 0.25) is 0 Å². The Labute approximate surface area is 117 Å². The molecule has 3 atom stereocenters. The topological polar surface area (TPSA) is 42.7 Å². The van der Waals surface area contributed by atoms with Crippen LogP contribution in [0.2, 0.25) is 0 Å². The third-order valence-corrected chi connectivity index (χ3v) is 4.40. The molecule has 1 N–H and O–H groups in total. The third kappa shape index (κ3) is 3.78. The van der Waals surface area contributed by atoms with Crippen molar-refractivity contribution in [3.8, 4) is 0 Å². The molecular formula is C15H28N4. The molecule has 1 aromatic rings. The third-order valence-electron chi connectivity index (χ3n) is 4.40. The monoisotopic (exact) mass is 264 g/mol. The molecule has 0 aliphatic heterocycles. The molecule has 0 bridgehead atoms. The number of nitrogens with one attached hydrogen (secondary N) is 1. The molecule has 2 rings (SSSR count). The summed E-state index contributed by atoms with van der Waals surface area (Å²) in [6.07, 6.45) is 5.98. The fraction of sp³-hybridized carbons (Fsp3) is 0.867. The van der Waals surface area contributed by atoms with E-state index in [4.69, 9.17) is 0 Å². The molecule has 0 radical (unpaired) electrons. The molecule has 108 valence electrons. The van der Waals surface area contributed by atoms with Crippen molar-refractivity contribution in [3.63, 3.8) is 0 Å². The normalized spacial score (nSPS) is 28.6. The van der Waals surface area contributed by atoms with Crippen LogP contribution < -0.4 is 5.32 Å². The summed E-state index contributed by atoms with van der Waals surface area (Å²) in [5.41, 5.74) is 1.06. The van der Waals surface area contributed by atoms with E-state index in [1.807, 2.05) is 4.68 Å². The van der Waals surface area contributed by atoms with Crippen LogP contribution in [0.1, 0.15) is 59.6 Å². The van der Waals surface area contributed by atoms with Gasteiger partial charge in [0.1, 0.15) is 0 Å². The predicted octanol–water partition coefficient (Wildman–Crippen LogP) is 2.95. The van der Waals surface area contributed by atoms with E-state index in [9.17, 15) is 0 Å². The number of hydrogen-bond donors (Lipinski definition) is 1. The molecule has 4 nitrogen and oxygen atoms in total. The second-order valence-electron chi connectivity index (χ2n) is 7.17. The van der Waals surface area contributed by atoms with Crippen molar-refractivity contribution < 1.29 is 0 Å². The lowest BCUT2D eigenvalue weighted by Gasteiger charge is -2.32. The van der Waals surface area contributed by atoms with Crippen LogP contribution >= 0.6 is 0 Å². The first-order valence-electron chi connectivity index (χ1n) is 7.51. The van der Waals surface area contributed by atoms with Crippen molar-refractivity contribution in [2.45, 2.75) is 72.0 Å². The van der Waals surface area contributed by atoms with E-state index in [0.29, 0.717) is 6.04 Å². The Morgan fingerprint density at radius 3 is 2.58 bits per heavy atom. The van der Waals surface area contributed by atoms with Gasteiger partial charge in [0.15, 0.2) is 0 Å². The van der Waals surface area contributed by atoms with Gasteiger partial charge in [-0.2, -0.15) is 0 Å². The Hall–Kier alpha value is -0.900. The second-order valence-corrected chi connectivity index (χ2v) is 7.17. The smallest absolute Gasteiger partial charge is 0.0965 e. The molecular weight excluding hydrogens is 236 g/mol. The molecule has 0 aromatic carbocycles. The van der Waals surface area contributed by atoms with E-state index < -0.39 is 0 Å². The number of nitrogens with zero attached hydrogens (tertiary/aromatic N) is 3. The first-order valence-corrected chi connectivity index (χ1v) is 7.51. The van der Waals surface area contributed by atoms with Crippen molar-refractivity contribution in [1.29, 1.82) is 0 Å². The molecule has 1 aliphatic rings. The molecule has 0 amide bonds. The quantitative estimate of drug-likeness (QED) is 0.912. The van der Waals surface area contributed by atoms with Crippen LogP contribution in [0.25, 0.3) is 0 Å². The van der Waals surface area contributed by atoms with Gasteiger partial charge in [-0.25, -0.2) is 4.68 Å². The zero-order valence-corrected chi connectivity index (χ0v) is 13.0. The minimum absolute atomic E-state index is 0.0139. The number of aromatic nitrogens is 3. The van der Waals surface area contributed by atoms with Gasteiger partial charge in [0.25, 0.3) is 0 Å². The van der Waals surface area contributed by atoms with Gasteiger partial charge in [-0.05, 0) is 51.9 Å². The van der Waals surface area contributed by atoms with Crippen LogP contribution in [-0.4, -0.2) is 21.0 Å². The summed E-state index contributed by atoms with van der Waals surface area (Å²) in [4.78, 5) is 0. The van der Waals surface area contributed by atoms with E-state index >= 15 is 0 Å². The molecule has 4 heteroatoms. The van der Waals surface area contributed by atoms with Crippen LogP contribution in [0.3, 0.4) is 0 Å². The lowest BCUT2D eigenvalue weighted by atomic mass is 9.79. The van der Waals surface area contributed by atoms with Crippen molar-refractivity contribution >= 4 is 0 Å². The van der Waals surface area contributed by atoms with Crippen LogP contribution in [0.15, 0.2) is 6.20 Å². The van der Waals surface area contributed by atoms with Crippen molar-refractivity contribution in [3.05, 3.63) is 11.9 Å². The molecule has 1 aromatic heterocycles. The number of hydrogen-bond acceptors (Lipinski definition) is 3. The summed E-state index contributed by atoms with van der Waals surface area (Å²) in [6.45, 7) is 12.0. The van der Waals surface area contributed by atoms with Crippen LogP contribution in [0, 0.1) is 11.8 Å². The van der Waals surface area contributed by atoms with Gasteiger partial charge in [0.05, 0.1) is 17.4 Å². The average molecular weight is 264 g/mol. The van der Waals surface area contributed by atoms with Gasteiger partial charge >= 0.3 is 0 Å². The Kier molecular flexibility index (Phi) is 4.29. The van der Waals surface area contributed by atoms with Gasteiger partial charge in [-0.1, -0.05) is 19.1 Å². The molecule has 1 heterocycles. The lowest BCUT2D eigenvalue weighted by molar-refractivity contribution is 0.225. The highest BCUT2D eigenvalue weighted by Crippen LogP contribution is 2.29. The van der Waals surface area contributed by atoms with Crippen molar-refractivity contribution in [2.75, 3.05) is 0 Å². The summed E-state index contributed by atoms with van der Waals surface area (Å²) < 4.78 is 1.94. The Morgan fingerprint density at radius 1 is 1.26 bits per heavy atom. The van der Waals surface area contributed by atoms with Crippen molar-refractivity contribution in [2.24, 2.45) is 11.8 Å². The maximum absolute atomic E-state index is 4.25. The molecule has 1 saturated carbocycles. The van der Waals surface area contributed by atoms with E-state index in [2.05, 4.69) is 56.4 Å². The molecule has 0 saturated heterocycles. The number of rotatable bonds is 3. The maximum atomic E-state index is 4.25. The fourth-order valence-electron chi connectivity index (χ4n) is 2.69. The van der Waals surface area contributed by atoms with Gasteiger partial charge < -0.3 is 5.32 Å². The Balaban J connectivity index is 1.84. The first-order chi connectivity index (χ1) is 8.86. The first kappa shape index (κ1) is 14.5. The SMILES string of the molecule is CC1CCC(NCc2cn(C(C)(C)C)nn2)CC1C. The highest BCUT2D eigenvalue weighted by molar-refractivity contribution is 4.95. The van der Waals surface area contributed by atoms with E-state index in [1.165, 1.54) is 19.3 Å². The van der Waals surface area contributed by atoms with E-state index in [0.717, 1.165) is 24.1 Å². The largest absolute Gasteiger partial charge is 0.308 e. The molecule has 1 aliphatic carbocycles. The van der Waals surface area contributed by atoms with Gasteiger partial charge in [-0.3, -0.25) is 0 Å². The van der Waals surface area contributed by atoms with Gasteiger partial charge in [-0.15, -0.1) is 5.10 Å². The summed E-state index contributed by atoms with van der Waals surface area (Å²) in [5.74, 6) is 1.70. The Morgan fingerprint density at radius 2 is 2.00 bits per heavy atom. The van der Waals surface area contributed by atoms with E-state index in [-0.39, 0.29) is 5.54 Å². The van der Waals surface area contributed by atoms with Gasteiger partial charge in [0, 0.05) is 12.6 Å². The van der Waals surface area contributed by atoms with Crippen molar-refractivity contribution in [1.82, 2.24) is 20.3 Å². The van der Waals surface area contributed by atoms with Crippen LogP contribution in [0.5, 0.6) is 0 Å². The maximum Gasteiger partial charge on any atom is 0.0965 e. The Bertz CT molecular complexity index is 405. The summed E-state index contributed by atoms with van der Waals surface area (Å²) in [5, 5.41) is 12.1. The molecule has 3 unspecified atom stereocenters. The fourth-order valence-corrected chi connectivity index (χ4v) is 2.69. The second kappa shape index (κ2) is 5.61. The lowest BCUT2D eigenvalue weighted by Crippen LogP contribution is -2.35. The molecule has 1 fully saturated rings. The standard InChI is InChI=1S/C15H28N4/c1-11-6-7-13(8-12(11)2)16-9-14-10-19(18-17-14)15(3,4)5/h10-13,16H,6-9H2,1-5H3. The zero-order valence-electron chi connectivity index (χ0n) is 13.0. The van der Waals surface area contributed by atoms with E-state index in [1.54, 1.807) is 0 Å². The highest BCUT2D eigenvalue weighted by Gasteiger charge is 2.24. The molecule has 19 heavy (non-hydrogen) atoms. The van der Waals surface area contributed by atoms with Crippen LogP contribution in [-0.2, 0) is 12.1 Å².